The first-order valence-electron chi connectivity index (χ1n) is 21.7. The standard InChI is InChI=1S/C9H7FN2OS.C9H5FN2OS.C6H4BF.C5H5BrN2O2S.C5H7N3O2S.C4H5ClO3.C3H3BrN2OS.CH5N3S.B.Cl3OP.Na.2H2O.H/c2*10-7-3-1-6(2-4-7)9-12-11-8(5-13)14-9;7-5-1-3-6(8)4-2-5;2*1-2-10-4(9)3-7-8-5(6)11-3;1-2-8-4(7)3(5)6;4-3-6-5-2(1-7)8-3;2-1(5)4-3;;1-5(2,3)4;;;;/h1-4,13H,5H2;1-5H;1-4H;2H2,1H3;2H2,1H3,(H2,6,8);2H2,1H3;7H,1H2;3H2,(H3,2,4,5);;;;2*1H2;/q;;;;;;;;;;+1;;;-1. The first-order valence-corrected chi connectivity index (χ1v) is 32.6. The van der Waals surface area contributed by atoms with E-state index >= 15 is 0 Å². The summed E-state index contributed by atoms with van der Waals surface area (Å²) in [5.41, 5.74) is 14.2. The van der Waals surface area contributed by atoms with E-state index in [1.807, 2.05) is 5.43 Å². The molecular weight excluding hydrogens is 1540 g/mol. The number of aldehydes is 1. The number of carbonyl (C=O) groups is 5. The average molecular weight is 1580 g/mol. The zero-order valence-corrected chi connectivity index (χ0v) is 59.3. The molecule has 0 amide bonds. The number of rotatable bonds is 11. The molecule has 0 unspecified atom stereocenters. The smallest absolute Gasteiger partial charge is 1.00 e. The molecule has 0 saturated carbocycles. The fourth-order valence-electron chi connectivity index (χ4n) is 3.96. The Morgan fingerprint density at radius 1 is 0.670 bits per heavy atom. The number of nitrogens with zero attached hydrogens (tertiary/aromatic N) is 10. The predicted molar refractivity (Wildman–Crippen MR) is 342 cm³/mol. The summed E-state index contributed by atoms with van der Waals surface area (Å²) in [7, 11) is 5.26. The van der Waals surface area contributed by atoms with Crippen molar-refractivity contribution in [1.82, 2.24) is 56.4 Å². The number of thiocarbonyl (C=S) groups is 1. The molecule has 0 fully saturated rings. The fraction of sp³-hybridized carbons (Fsp3) is 0.190. The number of hydrogen-bond acceptors (Lipinski definition) is 29. The number of ether oxygens (including phenoxy) is 3. The number of nitrogens with one attached hydrogen (secondary N) is 1. The number of aliphatic hydroxyl groups excluding tert-OH is 2. The summed E-state index contributed by atoms with van der Waals surface area (Å²) >= 11 is 35.0. The third-order valence-corrected chi connectivity index (χ3v) is 12.6. The molecule has 0 aliphatic carbocycles. The Balaban J connectivity index is -0.000000220. The van der Waals surface area contributed by atoms with Crippen molar-refractivity contribution in [3.63, 3.8) is 0 Å². The summed E-state index contributed by atoms with van der Waals surface area (Å²) in [6.45, 7) is 5.79. The van der Waals surface area contributed by atoms with Gasteiger partial charge in [0.05, 0.1) is 33.0 Å². The van der Waals surface area contributed by atoms with Crippen LogP contribution in [0.5, 0.6) is 0 Å². The summed E-state index contributed by atoms with van der Waals surface area (Å²) in [6, 6.07) is 17.6. The maximum Gasteiger partial charge on any atom is 1.00 e. The Kier molecular flexibility index (Phi) is 56.2. The number of halogens is 9. The average Bonchev–Trinajstić information content (AvgIpc) is 4.57. The van der Waals surface area contributed by atoms with Crippen LogP contribution in [-0.2, 0) is 41.6 Å². The second-order valence-electron chi connectivity index (χ2n) is 13.0. The monoisotopic (exact) mass is 1580 g/mol. The van der Waals surface area contributed by atoms with Crippen LogP contribution in [0.25, 0.3) is 21.1 Å². The Hall–Kier alpha value is -4.23. The quantitative estimate of drug-likeness (QED) is 0.0101. The van der Waals surface area contributed by atoms with Gasteiger partial charge in [0, 0.05) is 19.5 Å². The molecule has 8 aromatic rings. The van der Waals surface area contributed by atoms with Gasteiger partial charge in [-0.2, -0.15) is 0 Å². The van der Waals surface area contributed by atoms with Gasteiger partial charge in [0.25, 0.3) is 0 Å². The molecule has 5 radical (unpaired) electrons. The Morgan fingerprint density at radius 3 is 1.32 bits per heavy atom. The van der Waals surface area contributed by atoms with E-state index in [0.29, 0.717) is 57.8 Å². The molecule has 27 nitrogen and oxygen atoms in total. The third-order valence-electron chi connectivity index (χ3n) is 7.09. The van der Waals surface area contributed by atoms with Gasteiger partial charge >= 0.3 is 57.9 Å². The summed E-state index contributed by atoms with van der Waals surface area (Å²) in [5.74, 6) is 1.95. The van der Waals surface area contributed by atoms with E-state index in [2.05, 4.69) is 149 Å². The number of nitrogens with two attached hydrogens (primary N) is 3. The number of esters is 3. The number of benzene rings is 3. The van der Waals surface area contributed by atoms with Crippen LogP contribution in [0.15, 0.2) is 80.6 Å². The van der Waals surface area contributed by atoms with Crippen LogP contribution in [0.3, 0.4) is 0 Å². The zero-order valence-electron chi connectivity index (χ0n) is 46.3. The van der Waals surface area contributed by atoms with Crippen molar-refractivity contribution in [3.8, 4) is 21.1 Å². The van der Waals surface area contributed by atoms with Gasteiger partial charge in [0.1, 0.15) is 45.3 Å². The molecule has 5 aromatic heterocycles. The van der Waals surface area contributed by atoms with Crippen molar-refractivity contribution in [2.45, 2.75) is 34.0 Å². The van der Waals surface area contributed by atoms with Crippen molar-refractivity contribution < 1.29 is 108 Å². The van der Waals surface area contributed by atoms with Crippen LogP contribution >= 0.6 is 151 Å². The third kappa shape index (κ3) is 45.9. The molecular formula is C42H46B2Br2Cl4F3N14NaO13PS6. The van der Waals surface area contributed by atoms with Gasteiger partial charge in [-0.25, -0.2) is 33.4 Å². The Bertz CT molecular complexity index is 3220. The number of hydrazine groups is 1. The van der Waals surface area contributed by atoms with Gasteiger partial charge in [0.15, 0.2) is 24.2 Å². The SMILES string of the molecule is CCOC(=O)C(=O)Cl.CCOC(=O)c1nnc(Br)s1.CCOC(=O)c1nnc(N)s1.NNC(N)=S.O.O.O=Cc1nnc(-c2ccc(F)cc2)s1.O=P(Cl)(Cl)Cl.OCc1nnc(-c2ccc(F)cc2)s1.OCc1nnc(Br)s1.[B].[B]c1ccc(F)cc1.[H-].[Na+]. The number of aliphatic hydroxyl groups is 2. The topological polar surface area (TPSA) is 453 Å². The zero-order chi connectivity index (χ0) is 63.8. The predicted octanol–water partition coefficient (Wildman–Crippen LogP) is 4.09. The molecule has 0 aliphatic heterocycles. The molecule has 0 bridgehead atoms. The second kappa shape index (κ2) is 53.4. The molecule has 13 N–H and O–H groups in total. The molecule has 5 heterocycles. The van der Waals surface area contributed by atoms with Crippen molar-refractivity contribution in [2.24, 2.45) is 11.6 Å². The summed E-state index contributed by atoms with van der Waals surface area (Å²) in [5, 5.41) is 53.1. The summed E-state index contributed by atoms with van der Waals surface area (Å²) in [4.78, 5) is 52.0. The molecule has 0 atom stereocenters. The molecule has 473 valence electrons. The fourth-order valence-corrected chi connectivity index (χ4v) is 7.95. The Morgan fingerprint density at radius 2 is 1.03 bits per heavy atom. The van der Waals surface area contributed by atoms with Crippen LogP contribution in [-0.4, -0.2) is 143 Å². The summed E-state index contributed by atoms with van der Waals surface area (Å²) < 4.78 is 61.5. The minimum absolute atomic E-state index is 0. The van der Waals surface area contributed by atoms with Gasteiger partial charge < -0.3 is 53.7 Å². The van der Waals surface area contributed by atoms with E-state index in [-0.39, 0.29) is 108 Å². The van der Waals surface area contributed by atoms with Gasteiger partial charge in [-0.1, -0.05) is 74.3 Å². The van der Waals surface area contributed by atoms with Crippen LogP contribution in [0.1, 0.15) is 61.6 Å². The summed E-state index contributed by atoms with van der Waals surface area (Å²) in [6.07, 6.45) is 0.644. The maximum atomic E-state index is 12.6. The molecule has 3 aromatic carbocycles. The normalized spacial score (nSPS) is 9.17. The molecule has 8 rings (SSSR count). The van der Waals surface area contributed by atoms with Gasteiger partial charge in [0.2, 0.25) is 15.1 Å². The molecule has 46 heteroatoms. The first kappa shape index (κ1) is 92.5. The maximum absolute atomic E-state index is 12.6. The van der Waals surface area contributed by atoms with Gasteiger partial charge in [-0.05, 0) is 171 Å². The van der Waals surface area contributed by atoms with E-state index in [1.165, 1.54) is 82.5 Å². The van der Waals surface area contributed by atoms with E-state index in [0.717, 1.165) is 33.8 Å². The van der Waals surface area contributed by atoms with Gasteiger partial charge in [-0.15, -0.1) is 51.0 Å². The number of carbonyl (C=O) groups excluding carboxylic acids is 5. The van der Waals surface area contributed by atoms with E-state index in [4.69, 9.17) is 41.1 Å². The largest absolute Gasteiger partial charge is 1.00 e. The molecule has 88 heavy (non-hydrogen) atoms. The van der Waals surface area contributed by atoms with Crippen molar-refractivity contribution >= 4 is 213 Å². The van der Waals surface area contributed by atoms with E-state index in [9.17, 15) is 41.7 Å². The van der Waals surface area contributed by atoms with Crippen LogP contribution in [0.2, 0.25) is 0 Å². The molecule has 0 saturated heterocycles. The van der Waals surface area contributed by atoms with Crippen LogP contribution in [0, 0.1) is 17.5 Å². The second-order valence-corrected chi connectivity index (χ2v) is 28.1. The van der Waals surface area contributed by atoms with Crippen LogP contribution < -0.4 is 57.8 Å². The minimum atomic E-state index is -3.22. The number of aromatic nitrogens is 10. The Labute approximate surface area is 586 Å². The van der Waals surface area contributed by atoms with Crippen molar-refractivity contribution in [2.75, 3.05) is 25.6 Å². The van der Waals surface area contributed by atoms with E-state index in [1.54, 1.807) is 45.0 Å². The van der Waals surface area contributed by atoms with Crippen molar-refractivity contribution in [1.29, 1.82) is 0 Å². The van der Waals surface area contributed by atoms with Gasteiger partial charge in [-0.3, -0.25) is 14.2 Å². The van der Waals surface area contributed by atoms with E-state index < -0.39 is 28.4 Å². The number of anilines is 1. The molecule has 0 aliphatic rings. The number of hydrogen-bond donors (Lipinski definition) is 6. The first-order chi connectivity index (χ1) is 39.6. The van der Waals surface area contributed by atoms with Crippen molar-refractivity contribution in [3.05, 3.63) is 123 Å². The van der Waals surface area contributed by atoms with Crippen LogP contribution in [0.4, 0.5) is 18.3 Å². The molecule has 0 spiro atoms. The number of nitrogen functional groups attached to an aromatic ring is 1. The minimum Gasteiger partial charge on any atom is -1.00 e.